The van der Waals surface area contributed by atoms with Crippen molar-refractivity contribution in [2.45, 2.75) is 44.4 Å². The van der Waals surface area contributed by atoms with Gasteiger partial charge in [0.2, 0.25) is 0 Å². The average molecular weight is 429 g/mol. The van der Waals surface area contributed by atoms with E-state index in [1.807, 2.05) is 6.92 Å². The third kappa shape index (κ3) is 3.99. The van der Waals surface area contributed by atoms with E-state index in [-0.39, 0.29) is 16.8 Å². The molecule has 2 aromatic heterocycles. The smallest absolute Gasteiger partial charge is 0.399 e. The highest BCUT2D eigenvalue weighted by Crippen LogP contribution is 2.42. The van der Waals surface area contributed by atoms with Crippen LogP contribution in [0.25, 0.3) is 10.9 Å². The van der Waals surface area contributed by atoms with E-state index in [1.165, 1.54) is 18.2 Å². The SMILES string of the molecule is C=CC(Nc1nc(C)nc2cc(=O)n(C3(C)CC3)cc12)c1cc(N)cc(C(F)(F)F)c1. The van der Waals surface area contributed by atoms with Crippen molar-refractivity contribution >= 4 is 22.4 Å². The fraction of sp³-hybridized carbons (Fsp3) is 0.318. The quantitative estimate of drug-likeness (QED) is 0.459. The molecule has 9 heteroatoms. The van der Waals surface area contributed by atoms with Gasteiger partial charge >= 0.3 is 6.18 Å². The molecular formula is C22H22F3N5O. The summed E-state index contributed by atoms with van der Waals surface area (Å²) in [6, 6.07) is 4.16. The first kappa shape index (κ1) is 20.9. The van der Waals surface area contributed by atoms with E-state index in [1.54, 1.807) is 17.7 Å². The fourth-order valence-electron chi connectivity index (χ4n) is 3.62. The lowest BCUT2D eigenvalue weighted by Crippen LogP contribution is -2.27. The molecule has 1 atom stereocenters. The Labute approximate surface area is 176 Å². The van der Waals surface area contributed by atoms with Crippen LogP contribution in [0.1, 0.15) is 42.8 Å². The van der Waals surface area contributed by atoms with Crippen molar-refractivity contribution in [3.63, 3.8) is 0 Å². The number of hydrogen-bond acceptors (Lipinski definition) is 5. The van der Waals surface area contributed by atoms with Gasteiger partial charge in [-0.1, -0.05) is 6.08 Å². The van der Waals surface area contributed by atoms with Gasteiger partial charge in [0.15, 0.2) is 0 Å². The highest BCUT2D eigenvalue weighted by molar-refractivity contribution is 5.88. The molecule has 1 unspecified atom stereocenters. The molecule has 6 nitrogen and oxygen atoms in total. The Morgan fingerprint density at radius 3 is 2.58 bits per heavy atom. The molecule has 162 valence electrons. The number of rotatable bonds is 5. The molecule has 0 amide bonds. The van der Waals surface area contributed by atoms with Crippen molar-refractivity contribution in [1.82, 2.24) is 14.5 Å². The molecule has 1 saturated carbocycles. The first-order valence-corrected chi connectivity index (χ1v) is 9.78. The van der Waals surface area contributed by atoms with Crippen LogP contribution in [0.5, 0.6) is 0 Å². The number of pyridine rings is 1. The lowest BCUT2D eigenvalue weighted by atomic mass is 10.0. The molecule has 1 fully saturated rings. The van der Waals surface area contributed by atoms with Crippen molar-refractivity contribution < 1.29 is 13.2 Å². The van der Waals surface area contributed by atoms with Crippen molar-refractivity contribution in [2.24, 2.45) is 0 Å². The molecule has 0 radical (unpaired) electrons. The summed E-state index contributed by atoms with van der Waals surface area (Å²) in [4.78, 5) is 21.3. The van der Waals surface area contributed by atoms with Gasteiger partial charge in [0.1, 0.15) is 11.6 Å². The highest BCUT2D eigenvalue weighted by atomic mass is 19.4. The van der Waals surface area contributed by atoms with Crippen molar-refractivity contribution in [1.29, 1.82) is 0 Å². The molecule has 31 heavy (non-hydrogen) atoms. The molecule has 1 aliphatic rings. The zero-order valence-electron chi connectivity index (χ0n) is 17.1. The maximum Gasteiger partial charge on any atom is 0.416 e. The van der Waals surface area contributed by atoms with Crippen LogP contribution in [0.3, 0.4) is 0 Å². The maximum atomic E-state index is 13.2. The molecule has 3 aromatic rings. The maximum absolute atomic E-state index is 13.2. The minimum absolute atomic E-state index is 0.00213. The van der Waals surface area contributed by atoms with Gasteiger partial charge in [-0.15, -0.1) is 6.58 Å². The van der Waals surface area contributed by atoms with E-state index in [0.29, 0.717) is 28.1 Å². The summed E-state index contributed by atoms with van der Waals surface area (Å²) in [5, 5.41) is 3.75. The number of fused-ring (bicyclic) bond motifs is 1. The average Bonchev–Trinajstić information content (AvgIpc) is 3.42. The number of nitrogens with two attached hydrogens (primary N) is 1. The molecular weight excluding hydrogens is 407 g/mol. The van der Waals surface area contributed by atoms with Crippen LogP contribution >= 0.6 is 0 Å². The van der Waals surface area contributed by atoms with E-state index >= 15 is 0 Å². The third-order valence-corrected chi connectivity index (χ3v) is 5.59. The van der Waals surface area contributed by atoms with E-state index in [0.717, 1.165) is 25.0 Å². The molecule has 0 aliphatic heterocycles. The monoisotopic (exact) mass is 429 g/mol. The van der Waals surface area contributed by atoms with E-state index in [4.69, 9.17) is 5.73 Å². The van der Waals surface area contributed by atoms with Crippen molar-refractivity contribution in [2.75, 3.05) is 11.1 Å². The fourth-order valence-corrected chi connectivity index (χ4v) is 3.62. The lowest BCUT2D eigenvalue weighted by Gasteiger charge is -2.20. The van der Waals surface area contributed by atoms with Crippen molar-refractivity contribution in [3.8, 4) is 0 Å². The van der Waals surface area contributed by atoms with Gasteiger partial charge in [-0.25, -0.2) is 9.97 Å². The second-order valence-electron chi connectivity index (χ2n) is 8.14. The van der Waals surface area contributed by atoms with Crippen LogP contribution in [0, 0.1) is 6.92 Å². The molecule has 0 saturated heterocycles. The Bertz CT molecular complexity index is 1240. The second-order valence-corrected chi connectivity index (χ2v) is 8.14. The summed E-state index contributed by atoms with van der Waals surface area (Å²) >= 11 is 0. The van der Waals surface area contributed by atoms with Gasteiger partial charge in [0.05, 0.1) is 22.5 Å². The molecule has 4 rings (SSSR count). The Kier molecular flexibility index (Phi) is 4.79. The Morgan fingerprint density at radius 2 is 1.97 bits per heavy atom. The van der Waals surface area contributed by atoms with Gasteiger partial charge in [-0.3, -0.25) is 4.79 Å². The van der Waals surface area contributed by atoms with E-state index in [9.17, 15) is 18.0 Å². The molecule has 2 heterocycles. The predicted octanol–water partition coefficient (Wildman–Crippen LogP) is 4.55. The lowest BCUT2D eigenvalue weighted by molar-refractivity contribution is -0.137. The molecule has 3 N–H and O–H groups in total. The van der Waals surface area contributed by atoms with Crippen LogP contribution in [0.15, 0.2) is 47.9 Å². The number of benzene rings is 1. The number of halogens is 3. The normalized spacial score (nSPS) is 16.2. The van der Waals surface area contributed by atoms with Gasteiger partial charge in [-0.2, -0.15) is 13.2 Å². The van der Waals surface area contributed by atoms with Gasteiger partial charge in [0, 0.05) is 23.5 Å². The Morgan fingerprint density at radius 1 is 1.26 bits per heavy atom. The van der Waals surface area contributed by atoms with Crippen LogP contribution < -0.4 is 16.6 Å². The summed E-state index contributed by atoms with van der Waals surface area (Å²) in [5.74, 6) is 0.831. The number of aryl methyl sites for hydroxylation is 1. The van der Waals surface area contributed by atoms with Gasteiger partial charge in [-0.05, 0) is 50.5 Å². The number of nitrogens with one attached hydrogen (secondary N) is 1. The second kappa shape index (κ2) is 7.11. The van der Waals surface area contributed by atoms with E-state index in [2.05, 4.69) is 21.9 Å². The van der Waals surface area contributed by atoms with Crippen LogP contribution in [-0.4, -0.2) is 14.5 Å². The molecule has 0 spiro atoms. The Hall–Kier alpha value is -3.36. The van der Waals surface area contributed by atoms with Crippen molar-refractivity contribution in [3.05, 3.63) is 70.4 Å². The van der Waals surface area contributed by atoms with E-state index < -0.39 is 17.8 Å². The van der Waals surface area contributed by atoms with Gasteiger partial charge in [0.25, 0.3) is 5.56 Å². The zero-order valence-corrected chi connectivity index (χ0v) is 17.1. The topological polar surface area (TPSA) is 85.8 Å². The highest BCUT2D eigenvalue weighted by Gasteiger charge is 2.40. The third-order valence-electron chi connectivity index (χ3n) is 5.59. The van der Waals surface area contributed by atoms with Crippen LogP contribution in [0.4, 0.5) is 24.7 Å². The number of nitrogen functional groups attached to an aromatic ring is 1. The summed E-state index contributed by atoms with van der Waals surface area (Å²) in [5.41, 5.74) is 5.26. The largest absolute Gasteiger partial charge is 0.416 e. The zero-order chi connectivity index (χ0) is 22.6. The minimum Gasteiger partial charge on any atom is -0.399 e. The predicted molar refractivity (Wildman–Crippen MR) is 114 cm³/mol. The minimum atomic E-state index is -4.52. The number of anilines is 2. The molecule has 0 bridgehead atoms. The van der Waals surface area contributed by atoms with Gasteiger partial charge < -0.3 is 15.6 Å². The standard InChI is InChI=1S/C22H22F3N5O/c1-4-17(13-7-14(22(23,24)25)9-15(26)8-13)29-20-16-11-30(21(3)5-6-21)19(31)10-18(16)27-12(2)28-20/h4,7-11,17H,1,5-6,26H2,2-3H3,(H,27,28,29). The molecule has 1 aliphatic carbocycles. The Balaban J connectivity index is 1.81. The first-order chi connectivity index (χ1) is 14.5. The summed E-state index contributed by atoms with van der Waals surface area (Å²) in [7, 11) is 0. The number of aromatic nitrogens is 3. The summed E-state index contributed by atoms with van der Waals surface area (Å²) in [6.45, 7) is 7.44. The summed E-state index contributed by atoms with van der Waals surface area (Å²) in [6.07, 6.45) is 0.465. The van der Waals surface area contributed by atoms with Crippen LogP contribution in [-0.2, 0) is 11.7 Å². The number of nitrogens with zero attached hydrogens (tertiary/aromatic N) is 3. The van der Waals surface area contributed by atoms with Crippen LogP contribution in [0.2, 0.25) is 0 Å². The number of alkyl halides is 3. The molecule has 1 aromatic carbocycles. The first-order valence-electron chi connectivity index (χ1n) is 9.78. The summed E-state index contributed by atoms with van der Waals surface area (Å²) < 4.78 is 41.4. The number of hydrogen-bond donors (Lipinski definition) is 2.